The predicted molar refractivity (Wildman–Crippen MR) is 156 cm³/mol. The second-order valence-electron chi connectivity index (χ2n) is 8.91. The normalized spacial score (nSPS) is 13.1. The number of hydrogen-bond acceptors (Lipinski definition) is 8. The van der Waals surface area contributed by atoms with Crippen LogP contribution in [-0.4, -0.2) is 48.7 Å². The van der Waals surface area contributed by atoms with Crippen LogP contribution in [0, 0.1) is 0 Å². The molecule has 2 aromatic rings. The molecule has 0 aliphatic heterocycles. The Hall–Kier alpha value is -2.11. The Morgan fingerprint density at radius 1 is 0.897 bits per heavy atom. The van der Waals surface area contributed by atoms with Gasteiger partial charge in [0.2, 0.25) is 7.44 Å². The number of nitrogens with one attached hydrogen (secondary N) is 2. The van der Waals surface area contributed by atoms with E-state index in [2.05, 4.69) is 42.0 Å². The Morgan fingerprint density at radius 3 is 1.87 bits per heavy atom. The van der Waals surface area contributed by atoms with Crippen molar-refractivity contribution in [3.8, 4) is 23.0 Å². The van der Waals surface area contributed by atoms with E-state index in [0.29, 0.717) is 26.2 Å². The second-order valence-corrected chi connectivity index (χ2v) is 12.9. The van der Waals surface area contributed by atoms with Gasteiger partial charge in [0.1, 0.15) is 29.3 Å². The van der Waals surface area contributed by atoms with Gasteiger partial charge in [-0.25, -0.2) is 10.2 Å². The minimum absolute atomic E-state index is 0.104. The number of aromatic hydroxyl groups is 1. The fraction of sp³-hybridized carbons (Fsp3) is 0.462. The molecule has 0 saturated heterocycles. The van der Waals surface area contributed by atoms with Gasteiger partial charge in [0.05, 0.1) is 22.2 Å². The SMILES string of the molecule is CCOC(=O)[C@H](C)NP(=O)(COc1cc(Br)c(Oc2ccc(O)c(C(C)C)c2)c(Br)c1)N[C@@H](C)C(=O)OCC. The molecule has 2 atom stereocenters. The van der Waals surface area contributed by atoms with E-state index in [9.17, 15) is 19.3 Å². The lowest BCUT2D eigenvalue weighted by Crippen LogP contribution is -2.43. The number of benzene rings is 2. The summed E-state index contributed by atoms with van der Waals surface area (Å²) in [7, 11) is -3.68. The Morgan fingerprint density at radius 2 is 1.41 bits per heavy atom. The van der Waals surface area contributed by atoms with Crippen LogP contribution in [0.15, 0.2) is 39.3 Å². The maximum atomic E-state index is 13.8. The van der Waals surface area contributed by atoms with Crippen LogP contribution >= 0.6 is 39.3 Å². The largest absolute Gasteiger partial charge is 0.508 e. The number of halogens is 2. The standard InChI is InChI=1S/C26H35Br2N2O8P/c1-7-35-25(32)16(5)29-39(34,30-17(6)26(33)36-8-2)14-37-19-12-21(27)24(22(28)13-19)38-18-9-10-23(31)20(11-18)15(3)4/h9-13,15-17,31H,7-8,14H2,1-6H3,(H2,29,30,34)/t16-,17-/m0/s1. The van der Waals surface area contributed by atoms with Crippen molar-refractivity contribution in [2.75, 3.05) is 19.6 Å². The number of rotatable bonds is 14. The van der Waals surface area contributed by atoms with E-state index in [1.54, 1.807) is 44.2 Å². The van der Waals surface area contributed by atoms with E-state index < -0.39 is 37.8 Å². The van der Waals surface area contributed by atoms with E-state index >= 15 is 0 Å². The second kappa shape index (κ2) is 15.0. The molecule has 0 heterocycles. The van der Waals surface area contributed by atoms with E-state index in [0.717, 1.165) is 5.56 Å². The highest BCUT2D eigenvalue weighted by molar-refractivity contribution is 9.11. The molecule has 0 aliphatic carbocycles. The van der Waals surface area contributed by atoms with Crippen molar-refractivity contribution in [2.24, 2.45) is 0 Å². The average molecular weight is 694 g/mol. The summed E-state index contributed by atoms with van der Waals surface area (Å²) in [6, 6.07) is 6.42. The Labute approximate surface area is 245 Å². The van der Waals surface area contributed by atoms with Crippen molar-refractivity contribution >= 4 is 51.2 Å². The minimum atomic E-state index is -3.68. The van der Waals surface area contributed by atoms with Crippen LogP contribution in [0.5, 0.6) is 23.0 Å². The summed E-state index contributed by atoms with van der Waals surface area (Å²) in [6.07, 6.45) is -0.394. The molecule has 0 amide bonds. The number of phenols is 1. The van der Waals surface area contributed by atoms with Crippen LogP contribution < -0.4 is 19.6 Å². The van der Waals surface area contributed by atoms with Gasteiger partial charge in [0.15, 0.2) is 12.1 Å². The molecule has 10 nitrogen and oxygen atoms in total. The summed E-state index contributed by atoms with van der Waals surface area (Å²) in [5.41, 5.74) is 0.754. The van der Waals surface area contributed by atoms with Gasteiger partial charge in [0.25, 0.3) is 0 Å². The van der Waals surface area contributed by atoms with Crippen LogP contribution in [0.1, 0.15) is 53.0 Å². The van der Waals surface area contributed by atoms with Gasteiger partial charge < -0.3 is 24.1 Å². The maximum Gasteiger partial charge on any atom is 0.323 e. The fourth-order valence-electron chi connectivity index (χ4n) is 3.44. The lowest BCUT2D eigenvalue weighted by molar-refractivity contribution is -0.145. The quantitative estimate of drug-likeness (QED) is 0.150. The van der Waals surface area contributed by atoms with E-state index in [-0.39, 0.29) is 24.9 Å². The van der Waals surface area contributed by atoms with Crippen LogP contribution in [0.3, 0.4) is 0 Å². The first kappa shape index (κ1) is 33.1. The molecule has 2 aromatic carbocycles. The van der Waals surface area contributed by atoms with Gasteiger partial charge in [-0.15, -0.1) is 0 Å². The number of carbonyl (C=O) groups excluding carboxylic acids is 2. The van der Waals surface area contributed by atoms with E-state index in [1.807, 2.05) is 13.8 Å². The number of hydrogen-bond donors (Lipinski definition) is 3. The van der Waals surface area contributed by atoms with Crippen LogP contribution in [0.2, 0.25) is 0 Å². The third-order valence-electron chi connectivity index (χ3n) is 5.31. The third-order valence-corrected chi connectivity index (χ3v) is 8.59. The van der Waals surface area contributed by atoms with Crippen molar-refractivity contribution in [3.63, 3.8) is 0 Å². The van der Waals surface area contributed by atoms with Gasteiger partial charge in [-0.2, -0.15) is 0 Å². The molecule has 0 radical (unpaired) electrons. The molecule has 2 rings (SSSR count). The molecule has 0 saturated carbocycles. The molecule has 39 heavy (non-hydrogen) atoms. The lowest BCUT2D eigenvalue weighted by Gasteiger charge is -2.26. The molecule has 3 N–H and O–H groups in total. The van der Waals surface area contributed by atoms with E-state index in [4.69, 9.17) is 18.9 Å². The zero-order chi connectivity index (χ0) is 29.3. The van der Waals surface area contributed by atoms with Crippen molar-refractivity contribution < 1.29 is 38.2 Å². The highest BCUT2D eigenvalue weighted by Gasteiger charge is 2.32. The zero-order valence-corrected chi connectivity index (χ0v) is 26.8. The molecule has 13 heteroatoms. The van der Waals surface area contributed by atoms with Gasteiger partial charge in [-0.3, -0.25) is 14.2 Å². The van der Waals surface area contributed by atoms with Crippen molar-refractivity contribution in [1.29, 1.82) is 0 Å². The first-order valence-corrected chi connectivity index (χ1v) is 15.9. The summed E-state index contributed by atoms with van der Waals surface area (Å²) in [5, 5.41) is 15.6. The average Bonchev–Trinajstić information content (AvgIpc) is 2.86. The maximum absolute atomic E-state index is 13.8. The molecular weight excluding hydrogens is 659 g/mol. The summed E-state index contributed by atoms with van der Waals surface area (Å²) < 4.78 is 36.8. The molecular formula is C26H35Br2N2O8P. The lowest BCUT2D eigenvalue weighted by atomic mass is 10.0. The number of ether oxygens (including phenoxy) is 4. The first-order valence-electron chi connectivity index (χ1n) is 12.4. The Balaban J connectivity index is 2.25. The summed E-state index contributed by atoms with van der Waals surface area (Å²) in [4.78, 5) is 24.3. The first-order chi connectivity index (χ1) is 18.3. The Bertz CT molecular complexity index is 1160. The van der Waals surface area contributed by atoms with E-state index in [1.165, 1.54) is 13.8 Å². The molecule has 0 unspecified atom stereocenters. The van der Waals surface area contributed by atoms with Gasteiger partial charge in [-0.1, -0.05) is 13.8 Å². The van der Waals surface area contributed by atoms with Crippen LogP contribution in [0.25, 0.3) is 0 Å². The number of phenolic OH excluding ortho intramolecular Hbond substituents is 1. The molecule has 216 valence electrons. The fourth-order valence-corrected chi connectivity index (χ4v) is 6.76. The van der Waals surface area contributed by atoms with Gasteiger partial charge in [-0.05, 0) is 95.8 Å². The van der Waals surface area contributed by atoms with Gasteiger partial charge in [0, 0.05) is 5.56 Å². The molecule has 0 bridgehead atoms. The zero-order valence-electron chi connectivity index (χ0n) is 22.7. The highest BCUT2D eigenvalue weighted by atomic mass is 79.9. The summed E-state index contributed by atoms with van der Waals surface area (Å²) in [6.45, 7) is 10.6. The third kappa shape index (κ3) is 9.79. The van der Waals surface area contributed by atoms with Crippen molar-refractivity contribution in [3.05, 3.63) is 44.8 Å². The highest BCUT2D eigenvalue weighted by Crippen LogP contribution is 2.43. The molecule has 0 spiro atoms. The smallest absolute Gasteiger partial charge is 0.323 e. The topological polar surface area (TPSA) is 132 Å². The van der Waals surface area contributed by atoms with Crippen molar-refractivity contribution in [1.82, 2.24) is 10.2 Å². The monoisotopic (exact) mass is 692 g/mol. The van der Waals surface area contributed by atoms with Crippen LogP contribution in [-0.2, 0) is 23.6 Å². The minimum Gasteiger partial charge on any atom is -0.508 e. The number of esters is 2. The Kier molecular flexibility index (Phi) is 12.8. The number of carbonyl (C=O) groups is 2. The molecule has 0 aromatic heterocycles. The summed E-state index contributed by atoms with van der Waals surface area (Å²) >= 11 is 6.97. The molecule has 0 aliphatic rings. The summed E-state index contributed by atoms with van der Waals surface area (Å²) in [5.74, 6) is 0.452. The predicted octanol–water partition coefficient (Wildman–Crippen LogP) is 6.44. The van der Waals surface area contributed by atoms with Crippen molar-refractivity contribution in [2.45, 2.75) is 59.5 Å². The molecule has 0 fully saturated rings. The van der Waals surface area contributed by atoms with Crippen LogP contribution in [0.4, 0.5) is 0 Å². The van der Waals surface area contributed by atoms with Gasteiger partial charge >= 0.3 is 11.9 Å².